The van der Waals surface area contributed by atoms with Gasteiger partial charge in [-0.1, -0.05) is 43.5 Å². The number of tetrazole rings is 1. The van der Waals surface area contributed by atoms with Crippen molar-refractivity contribution in [3.8, 4) is 17.1 Å². The lowest BCUT2D eigenvalue weighted by Crippen LogP contribution is -2.50. The van der Waals surface area contributed by atoms with Crippen molar-refractivity contribution in [1.82, 2.24) is 30.4 Å². The van der Waals surface area contributed by atoms with Gasteiger partial charge >= 0.3 is 0 Å². The fourth-order valence-electron chi connectivity index (χ4n) is 5.26. The Morgan fingerprint density at radius 1 is 0.952 bits per heavy atom. The van der Waals surface area contributed by atoms with Crippen molar-refractivity contribution in [3.63, 3.8) is 0 Å². The van der Waals surface area contributed by atoms with Crippen LogP contribution in [-0.4, -0.2) is 50.1 Å². The number of ether oxygens (including phenoxy) is 1. The van der Waals surface area contributed by atoms with Crippen LogP contribution in [-0.2, 0) is 22.7 Å². The number of halogens is 2. The second-order valence-electron chi connectivity index (χ2n) is 10.3. The van der Waals surface area contributed by atoms with Crippen molar-refractivity contribution in [2.24, 2.45) is 0 Å². The van der Waals surface area contributed by atoms with E-state index in [2.05, 4.69) is 20.7 Å². The van der Waals surface area contributed by atoms with Crippen LogP contribution in [0, 0.1) is 11.6 Å². The summed E-state index contributed by atoms with van der Waals surface area (Å²) in [5.74, 6) is -0.549. The molecule has 1 aliphatic carbocycles. The fourth-order valence-corrected chi connectivity index (χ4v) is 5.26. The highest BCUT2D eigenvalue weighted by Gasteiger charge is 2.37. The Labute approximate surface area is 242 Å². The van der Waals surface area contributed by atoms with Gasteiger partial charge in [-0.05, 0) is 77.7 Å². The van der Waals surface area contributed by atoms with E-state index in [0.29, 0.717) is 16.9 Å². The van der Waals surface area contributed by atoms with Crippen molar-refractivity contribution in [3.05, 3.63) is 95.6 Å². The first-order valence-corrected chi connectivity index (χ1v) is 13.9. The van der Waals surface area contributed by atoms with Crippen LogP contribution in [0.5, 0.6) is 5.75 Å². The first-order valence-electron chi connectivity index (χ1n) is 13.9. The molecule has 1 atom stereocenters. The maximum absolute atomic E-state index is 14.1. The summed E-state index contributed by atoms with van der Waals surface area (Å²) >= 11 is 0. The molecule has 1 N–H and O–H groups in total. The summed E-state index contributed by atoms with van der Waals surface area (Å²) in [5.41, 5.74) is 1.93. The highest BCUT2D eigenvalue weighted by atomic mass is 19.1. The highest BCUT2D eigenvalue weighted by molar-refractivity contribution is 5.89. The monoisotopic (exact) mass is 574 g/mol. The van der Waals surface area contributed by atoms with Crippen LogP contribution in [0.25, 0.3) is 11.4 Å². The van der Waals surface area contributed by atoms with E-state index in [-0.39, 0.29) is 48.4 Å². The number of hydrogen-bond donors (Lipinski definition) is 1. The van der Waals surface area contributed by atoms with E-state index in [1.165, 1.54) is 41.2 Å². The number of methoxy groups -OCH3 is 1. The quantitative estimate of drug-likeness (QED) is 0.291. The molecular weight excluding hydrogens is 542 g/mol. The summed E-state index contributed by atoms with van der Waals surface area (Å²) in [5, 5.41) is 15.4. The van der Waals surface area contributed by atoms with Crippen molar-refractivity contribution in [2.45, 2.75) is 57.3 Å². The largest absolute Gasteiger partial charge is 0.497 e. The van der Waals surface area contributed by atoms with Gasteiger partial charge < -0.3 is 15.0 Å². The molecule has 0 saturated heterocycles. The first-order chi connectivity index (χ1) is 20.4. The minimum atomic E-state index is -0.938. The van der Waals surface area contributed by atoms with Crippen molar-refractivity contribution in [1.29, 1.82) is 0 Å². The Hall–Kier alpha value is -4.67. The van der Waals surface area contributed by atoms with Crippen LogP contribution in [0.1, 0.15) is 49.3 Å². The third kappa shape index (κ3) is 6.96. The van der Waals surface area contributed by atoms with Gasteiger partial charge in [0.2, 0.25) is 17.6 Å². The Bertz CT molecular complexity index is 1490. The summed E-state index contributed by atoms with van der Waals surface area (Å²) in [7, 11) is 1.56. The van der Waals surface area contributed by atoms with E-state index >= 15 is 0 Å². The second-order valence-corrected chi connectivity index (χ2v) is 10.3. The third-order valence-corrected chi connectivity index (χ3v) is 7.43. The van der Waals surface area contributed by atoms with E-state index in [4.69, 9.17) is 4.74 Å². The van der Waals surface area contributed by atoms with Gasteiger partial charge in [0.25, 0.3) is 0 Å². The van der Waals surface area contributed by atoms with Crippen LogP contribution >= 0.6 is 0 Å². The number of nitrogens with zero attached hydrogens (tertiary/aromatic N) is 5. The topological polar surface area (TPSA) is 102 Å². The molecule has 9 nitrogen and oxygen atoms in total. The average Bonchev–Trinajstić information content (AvgIpc) is 3.48. The van der Waals surface area contributed by atoms with Crippen LogP contribution in [0.3, 0.4) is 0 Å². The third-order valence-electron chi connectivity index (χ3n) is 7.43. The van der Waals surface area contributed by atoms with E-state index in [1.807, 2.05) is 0 Å². The predicted octanol–water partition coefficient (Wildman–Crippen LogP) is 4.85. The van der Waals surface area contributed by atoms with Crippen molar-refractivity contribution in [2.75, 3.05) is 7.11 Å². The summed E-state index contributed by atoms with van der Waals surface area (Å²) in [4.78, 5) is 30.8. The minimum Gasteiger partial charge on any atom is -0.497 e. The predicted molar refractivity (Wildman–Crippen MR) is 151 cm³/mol. The lowest BCUT2D eigenvalue weighted by Gasteiger charge is -2.39. The molecule has 1 aromatic heterocycles. The number of carbonyl (C=O) groups is 2. The summed E-state index contributed by atoms with van der Waals surface area (Å²) in [6, 6.07) is 17.5. The van der Waals surface area contributed by atoms with Gasteiger partial charge in [0.15, 0.2) is 0 Å². The highest BCUT2D eigenvalue weighted by Crippen LogP contribution is 2.32. The molecule has 0 radical (unpaired) electrons. The average molecular weight is 575 g/mol. The number of benzene rings is 3. The molecule has 0 aliphatic heterocycles. The van der Waals surface area contributed by atoms with E-state index in [9.17, 15) is 18.4 Å². The number of hydrogen-bond acceptors (Lipinski definition) is 6. The van der Waals surface area contributed by atoms with Gasteiger partial charge in [0.05, 0.1) is 7.11 Å². The Kier molecular flexibility index (Phi) is 9.15. The summed E-state index contributed by atoms with van der Waals surface area (Å²) in [6.07, 6.45) is 4.47. The SMILES string of the molecule is COc1ccc(C(C(=O)NCc2ccc(F)cc2)N(C(=O)Cn2nnc(-c3ccc(F)cc3)n2)C2CCCCC2)cc1. The summed E-state index contributed by atoms with van der Waals surface area (Å²) < 4.78 is 32.1. The zero-order valence-corrected chi connectivity index (χ0v) is 23.2. The molecule has 1 saturated carbocycles. The molecule has 1 heterocycles. The molecule has 1 unspecified atom stereocenters. The lowest BCUT2D eigenvalue weighted by molar-refractivity contribution is -0.145. The number of rotatable bonds is 10. The molecule has 3 aromatic carbocycles. The molecule has 4 aromatic rings. The molecule has 5 rings (SSSR count). The van der Waals surface area contributed by atoms with Gasteiger partial charge in [-0.25, -0.2) is 8.78 Å². The van der Waals surface area contributed by atoms with Gasteiger partial charge in [-0.2, -0.15) is 4.80 Å². The van der Waals surface area contributed by atoms with Crippen LogP contribution in [0.15, 0.2) is 72.8 Å². The Morgan fingerprint density at radius 2 is 1.60 bits per heavy atom. The zero-order chi connectivity index (χ0) is 29.5. The molecule has 1 aliphatic rings. The molecule has 1 fully saturated rings. The molecule has 0 bridgehead atoms. The van der Waals surface area contributed by atoms with Crippen LogP contribution < -0.4 is 10.1 Å². The van der Waals surface area contributed by atoms with Crippen molar-refractivity contribution < 1.29 is 23.1 Å². The van der Waals surface area contributed by atoms with Crippen molar-refractivity contribution >= 4 is 11.8 Å². The molecule has 218 valence electrons. The normalized spacial score (nSPS) is 14.3. The van der Waals surface area contributed by atoms with Gasteiger partial charge in [-0.15, -0.1) is 10.2 Å². The molecule has 42 heavy (non-hydrogen) atoms. The molecule has 11 heteroatoms. The standard InChI is InChI=1S/C31H32F2N6O3/c1-42-27-17-11-22(12-18-27)29(31(41)34-19-21-7-13-24(32)14-8-21)39(26-5-3-2-4-6-26)28(40)20-38-36-30(35-37-38)23-9-15-25(33)16-10-23/h7-18,26,29H,2-6,19-20H2,1H3,(H,34,41). The summed E-state index contributed by atoms with van der Waals surface area (Å²) in [6.45, 7) is -0.0628. The molecule has 2 amide bonds. The molecule has 0 spiro atoms. The van der Waals surface area contributed by atoms with E-state index in [1.54, 1.807) is 48.4 Å². The van der Waals surface area contributed by atoms with Crippen LogP contribution in [0.4, 0.5) is 8.78 Å². The van der Waals surface area contributed by atoms with E-state index < -0.39 is 6.04 Å². The van der Waals surface area contributed by atoms with Gasteiger partial charge in [0.1, 0.15) is 30.0 Å². The van der Waals surface area contributed by atoms with Gasteiger partial charge in [-0.3, -0.25) is 9.59 Å². The number of nitrogens with one attached hydrogen (secondary N) is 1. The first kappa shape index (κ1) is 28.8. The maximum atomic E-state index is 14.1. The number of aromatic nitrogens is 4. The van der Waals surface area contributed by atoms with Gasteiger partial charge in [0, 0.05) is 18.2 Å². The maximum Gasteiger partial charge on any atom is 0.247 e. The van der Waals surface area contributed by atoms with Crippen LogP contribution in [0.2, 0.25) is 0 Å². The minimum absolute atomic E-state index is 0.171. The second kappa shape index (κ2) is 13.3. The Balaban J connectivity index is 1.44. The molecular formula is C31H32F2N6O3. The smallest absolute Gasteiger partial charge is 0.247 e. The number of amides is 2. The fraction of sp³-hybridized carbons (Fsp3) is 0.323. The Morgan fingerprint density at radius 3 is 2.24 bits per heavy atom. The van der Waals surface area contributed by atoms with E-state index in [0.717, 1.165) is 37.7 Å². The lowest BCUT2D eigenvalue weighted by atomic mass is 9.91. The number of carbonyl (C=O) groups excluding carboxylic acids is 2. The zero-order valence-electron chi connectivity index (χ0n) is 23.2.